The Hall–Kier alpha value is -1.92. The standard InChI is InChI=1S/C29H42N4O.ClH/c34-29(21-24-10-12-27(13-11-24)26-7-2-1-3-8-26)33-19-14-25(15-20-33)22-30-16-4-5-17-31-23-28-9-6-18-32-28;/h1-3,7-8,10-13,25,28,30-32H,4-6,9,14-23H2;1H/t28-;/m0./s1. The molecule has 2 saturated heterocycles. The fraction of sp³-hybridized carbons (Fsp3) is 0.552. The van der Waals surface area contributed by atoms with Gasteiger partial charge in [-0.1, -0.05) is 54.6 Å². The normalized spacial score (nSPS) is 18.4. The van der Waals surface area contributed by atoms with Crippen LogP contribution in [0, 0.1) is 5.92 Å². The van der Waals surface area contributed by atoms with Gasteiger partial charge in [0.05, 0.1) is 6.42 Å². The molecule has 2 aromatic carbocycles. The van der Waals surface area contributed by atoms with E-state index in [4.69, 9.17) is 0 Å². The molecule has 0 unspecified atom stereocenters. The molecule has 2 heterocycles. The van der Waals surface area contributed by atoms with Crippen molar-refractivity contribution < 1.29 is 4.79 Å². The SMILES string of the molecule is Cl.O=C(Cc1ccc(-c2ccccc2)cc1)N1CCC(CNCCCCNC[C@@H]2CCCN2)CC1. The van der Waals surface area contributed by atoms with Crippen molar-refractivity contribution in [3.8, 4) is 11.1 Å². The van der Waals surface area contributed by atoms with Crippen molar-refractivity contribution in [2.75, 3.05) is 45.8 Å². The van der Waals surface area contributed by atoms with E-state index in [1.54, 1.807) is 0 Å². The quantitative estimate of drug-likeness (QED) is 0.382. The second-order valence-electron chi connectivity index (χ2n) is 9.97. The molecule has 4 rings (SSSR count). The van der Waals surface area contributed by atoms with Crippen molar-refractivity contribution in [3.63, 3.8) is 0 Å². The maximum absolute atomic E-state index is 12.8. The summed E-state index contributed by atoms with van der Waals surface area (Å²) in [5.41, 5.74) is 3.51. The van der Waals surface area contributed by atoms with Gasteiger partial charge in [0.1, 0.15) is 0 Å². The lowest BCUT2D eigenvalue weighted by molar-refractivity contribution is -0.131. The Morgan fingerprint density at radius 2 is 1.51 bits per heavy atom. The van der Waals surface area contributed by atoms with Gasteiger partial charge in [-0.3, -0.25) is 4.79 Å². The Morgan fingerprint density at radius 3 is 2.17 bits per heavy atom. The predicted molar refractivity (Wildman–Crippen MR) is 148 cm³/mol. The minimum atomic E-state index is 0. The number of benzene rings is 2. The molecule has 0 radical (unpaired) electrons. The molecular formula is C29H43ClN4O. The van der Waals surface area contributed by atoms with Gasteiger partial charge < -0.3 is 20.9 Å². The fourth-order valence-electron chi connectivity index (χ4n) is 5.13. The molecule has 0 spiro atoms. The van der Waals surface area contributed by atoms with Crippen LogP contribution >= 0.6 is 12.4 Å². The first-order valence-electron chi connectivity index (χ1n) is 13.3. The van der Waals surface area contributed by atoms with Gasteiger partial charge in [0.15, 0.2) is 0 Å². The fourth-order valence-corrected chi connectivity index (χ4v) is 5.13. The van der Waals surface area contributed by atoms with Gasteiger partial charge in [0.25, 0.3) is 0 Å². The number of hydrogen-bond donors (Lipinski definition) is 3. The van der Waals surface area contributed by atoms with Crippen LogP contribution in [0.4, 0.5) is 0 Å². The molecule has 2 aliphatic heterocycles. The van der Waals surface area contributed by atoms with Gasteiger partial charge in [0.2, 0.25) is 5.91 Å². The van der Waals surface area contributed by atoms with Crippen molar-refractivity contribution in [2.24, 2.45) is 5.92 Å². The number of nitrogens with zero attached hydrogens (tertiary/aromatic N) is 1. The van der Waals surface area contributed by atoms with Crippen LogP contribution in [0.15, 0.2) is 54.6 Å². The van der Waals surface area contributed by atoms with Gasteiger partial charge >= 0.3 is 0 Å². The molecule has 0 bridgehead atoms. The number of piperidine rings is 1. The van der Waals surface area contributed by atoms with Crippen LogP contribution in [-0.4, -0.2) is 62.7 Å². The molecule has 5 nitrogen and oxygen atoms in total. The van der Waals surface area contributed by atoms with E-state index in [-0.39, 0.29) is 18.3 Å². The molecule has 35 heavy (non-hydrogen) atoms. The third-order valence-electron chi connectivity index (χ3n) is 7.33. The second-order valence-corrected chi connectivity index (χ2v) is 9.97. The van der Waals surface area contributed by atoms with Crippen LogP contribution in [0.25, 0.3) is 11.1 Å². The number of likely N-dealkylation sites (tertiary alicyclic amines) is 1. The summed E-state index contributed by atoms with van der Waals surface area (Å²) < 4.78 is 0. The molecule has 2 fully saturated rings. The topological polar surface area (TPSA) is 56.4 Å². The van der Waals surface area contributed by atoms with E-state index in [1.165, 1.54) is 43.4 Å². The van der Waals surface area contributed by atoms with E-state index in [0.29, 0.717) is 18.4 Å². The number of hydrogen-bond acceptors (Lipinski definition) is 4. The van der Waals surface area contributed by atoms with Gasteiger partial charge in [-0.05, 0) is 87.3 Å². The molecule has 0 aromatic heterocycles. The maximum Gasteiger partial charge on any atom is 0.226 e. The van der Waals surface area contributed by atoms with Crippen molar-refractivity contribution in [3.05, 3.63) is 60.2 Å². The highest BCUT2D eigenvalue weighted by Gasteiger charge is 2.22. The summed E-state index contributed by atoms with van der Waals surface area (Å²) in [5, 5.41) is 10.8. The summed E-state index contributed by atoms with van der Waals surface area (Å²) >= 11 is 0. The third kappa shape index (κ3) is 9.23. The molecule has 0 aliphatic carbocycles. The molecule has 1 atom stereocenters. The lowest BCUT2D eigenvalue weighted by atomic mass is 9.96. The summed E-state index contributed by atoms with van der Waals surface area (Å²) in [6.45, 7) is 7.40. The largest absolute Gasteiger partial charge is 0.342 e. The van der Waals surface area contributed by atoms with Crippen LogP contribution in [0.5, 0.6) is 0 Å². The van der Waals surface area contributed by atoms with Crippen molar-refractivity contribution >= 4 is 18.3 Å². The highest BCUT2D eigenvalue weighted by atomic mass is 35.5. The lowest BCUT2D eigenvalue weighted by Gasteiger charge is -2.32. The van der Waals surface area contributed by atoms with E-state index in [0.717, 1.165) is 57.7 Å². The number of nitrogens with one attached hydrogen (secondary N) is 3. The van der Waals surface area contributed by atoms with Crippen LogP contribution in [0.2, 0.25) is 0 Å². The van der Waals surface area contributed by atoms with E-state index < -0.39 is 0 Å². The molecule has 2 aliphatic rings. The summed E-state index contributed by atoms with van der Waals surface area (Å²) in [5.74, 6) is 0.958. The zero-order chi connectivity index (χ0) is 23.4. The van der Waals surface area contributed by atoms with Gasteiger partial charge in [0, 0.05) is 25.7 Å². The Labute approximate surface area is 217 Å². The minimum absolute atomic E-state index is 0. The highest BCUT2D eigenvalue weighted by Crippen LogP contribution is 2.21. The van der Waals surface area contributed by atoms with E-state index in [1.807, 2.05) is 6.07 Å². The number of amides is 1. The minimum Gasteiger partial charge on any atom is -0.342 e. The monoisotopic (exact) mass is 498 g/mol. The molecule has 0 saturated carbocycles. The summed E-state index contributed by atoms with van der Waals surface area (Å²) in [6, 6.07) is 19.5. The van der Waals surface area contributed by atoms with Gasteiger partial charge in [-0.15, -0.1) is 12.4 Å². The number of carbonyl (C=O) groups is 1. The first-order valence-corrected chi connectivity index (χ1v) is 13.3. The Morgan fingerprint density at radius 1 is 0.857 bits per heavy atom. The predicted octanol–water partition coefficient (Wildman–Crippen LogP) is 4.27. The number of halogens is 1. The lowest BCUT2D eigenvalue weighted by Crippen LogP contribution is -2.41. The van der Waals surface area contributed by atoms with Crippen LogP contribution < -0.4 is 16.0 Å². The first-order chi connectivity index (χ1) is 16.8. The number of rotatable bonds is 12. The van der Waals surface area contributed by atoms with Crippen LogP contribution in [0.1, 0.15) is 44.1 Å². The Kier molecular flexibility index (Phi) is 12.1. The summed E-state index contributed by atoms with van der Waals surface area (Å²) in [7, 11) is 0. The van der Waals surface area contributed by atoms with Crippen LogP contribution in [0.3, 0.4) is 0 Å². The molecule has 6 heteroatoms. The van der Waals surface area contributed by atoms with Crippen molar-refractivity contribution in [1.82, 2.24) is 20.9 Å². The van der Waals surface area contributed by atoms with E-state index in [9.17, 15) is 4.79 Å². The second kappa shape index (κ2) is 15.2. The average molecular weight is 499 g/mol. The summed E-state index contributed by atoms with van der Waals surface area (Å²) in [4.78, 5) is 14.9. The molecule has 2 aromatic rings. The number of unbranched alkanes of at least 4 members (excludes halogenated alkanes) is 1. The van der Waals surface area contributed by atoms with E-state index >= 15 is 0 Å². The maximum atomic E-state index is 12.8. The summed E-state index contributed by atoms with van der Waals surface area (Å²) in [6.07, 6.45) is 7.84. The average Bonchev–Trinajstić information content (AvgIpc) is 3.40. The van der Waals surface area contributed by atoms with Gasteiger partial charge in [-0.25, -0.2) is 0 Å². The van der Waals surface area contributed by atoms with Gasteiger partial charge in [-0.2, -0.15) is 0 Å². The smallest absolute Gasteiger partial charge is 0.226 e. The molecule has 3 N–H and O–H groups in total. The highest BCUT2D eigenvalue weighted by molar-refractivity contribution is 5.85. The molecule has 192 valence electrons. The zero-order valence-corrected chi connectivity index (χ0v) is 21.8. The molecule has 1 amide bonds. The van der Waals surface area contributed by atoms with Crippen molar-refractivity contribution in [1.29, 1.82) is 0 Å². The first kappa shape index (κ1) is 27.7. The Balaban J connectivity index is 0.00000342. The zero-order valence-electron chi connectivity index (χ0n) is 21.0. The Bertz CT molecular complexity index is 847. The number of carbonyl (C=O) groups excluding carboxylic acids is 1. The third-order valence-corrected chi connectivity index (χ3v) is 7.33. The van der Waals surface area contributed by atoms with E-state index in [2.05, 4.69) is 69.4 Å². The van der Waals surface area contributed by atoms with Crippen molar-refractivity contribution in [2.45, 2.75) is 51.0 Å². The van der Waals surface area contributed by atoms with Crippen LogP contribution in [-0.2, 0) is 11.2 Å². The molecular weight excluding hydrogens is 456 g/mol.